The molecule has 1 aliphatic heterocycles. The van der Waals surface area contributed by atoms with E-state index in [2.05, 4.69) is 26.5 Å². The van der Waals surface area contributed by atoms with Gasteiger partial charge in [0, 0.05) is 19.1 Å². The summed E-state index contributed by atoms with van der Waals surface area (Å²) in [6.45, 7) is 1.36. The Morgan fingerprint density at radius 2 is 1.79 bits per heavy atom. The van der Waals surface area contributed by atoms with Crippen molar-refractivity contribution in [1.82, 2.24) is 15.5 Å². The third-order valence-electron chi connectivity index (χ3n) is 5.69. The van der Waals surface area contributed by atoms with Gasteiger partial charge in [0.05, 0.1) is 16.8 Å². The second kappa shape index (κ2) is 8.00. The quantitative estimate of drug-likeness (QED) is 0.846. The van der Waals surface area contributed by atoms with Gasteiger partial charge in [-0.1, -0.05) is 12.1 Å². The van der Waals surface area contributed by atoms with Gasteiger partial charge in [-0.3, -0.25) is 4.79 Å². The van der Waals surface area contributed by atoms with E-state index in [4.69, 9.17) is 0 Å². The molecule has 1 amide bonds. The number of piperidine rings is 1. The number of fused-ring (bicyclic) bond motifs is 1. The smallest absolute Gasteiger partial charge is 0.355 e. The van der Waals surface area contributed by atoms with E-state index in [9.17, 15) is 18.0 Å². The summed E-state index contributed by atoms with van der Waals surface area (Å²) in [6.07, 6.45) is 1.09. The van der Waals surface area contributed by atoms with E-state index in [0.717, 1.165) is 36.8 Å². The molecule has 0 saturated carbocycles. The van der Waals surface area contributed by atoms with Crippen LogP contribution in [0.3, 0.4) is 0 Å². The van der Waals surface area contributed by atoms with Crippen LogP contribution in [0.1, 0.15) is 52.9 Å². The first-order chi connectivity index (χ1) is 13.9. The van der Waals surface area contributed by atoms with E-state index in [0.29, 0.717) is 25.9 Å². The fourth-order valence-electron chi connectivity index (χ4n) is 4.08. The zero-order valence-corrected chi connectivity index (χ0v) is 16.0. The highest BCUT2D eigenvalue weighted by atomic mass is 19.4. The van der Waals surface area contributed by atoms with Crippen molar-refractivity contribution in [1.29, 1.82) is 0 Å². The Balaban J connectivity index is 1.38. The number of hydrogen-bond acceptors (Lipinski definition) is 4. The van der Waals surface area contributed by atoms with E-state index < -0.39 is 17.6 Å². The molecule has 0 bridgehead atoms. The summed E-state index contributed by atoms with van der Waals surface area (Å²) >= 11 is 0. The number of anilines is 1. The van der Waals surface area contributed by atoms with E-state index >= 15 is 0 Å². The number of halogens is 3. The van der Waals surface area contributed by atoms with Crippen LogP contribution in [0, 0.1) is 0 Å². The van der Waals surface area contributed by atoms with Gasteiger partial charge in [0.1, 0.15) is 0 Å². The van der Waals surface area contributed by atoms with Crippen LogP contribution in [0.5, 0.6) is 0 Å². The van der Waals surface area contributed by atoms with Gasteiger partial charge in [-0.25, -0.2) is 0 Å². The molecule has 0 atom stereocenters. The molecule has 1 aromatic carbocycles. The van der Waals surface area contributed by atoms with Crippen LogP contribution < -0.4 is 10.2 Å². The predicted octanol–water partition coefficient (Wildman–Crippen LogP) is 3.77. The van der Waals surface area contributed by atoms with Crippen molar-refractivity contribution < 1.29 is 18.0 Å². The number of aryl methyl sites for hydroxylation is 2. The van der Waals surface area contributed by atoms with Gasteiger partial charge in [0.2, 0.25) is 0 Å². The third kappa shape index (κ3) is 4.36. The molecular weight excluding hydrogens is 381 g/mol. The third-order valence-corrected chi connectivity index (χ3v) is 5.69. The van der Waals surface area contributed by atoms with Crippen molar-refractivity contribution in [3.8, 4) is 0 Å². The molecular formula is C21H23F3N4O. The minimum atomic E-state index is -4.55. The number of nitrogens with zero attached hydrogens (tertiary/aromatic N) is 3. The molecule has 2 heterocycles. The molecule has 0 radical (unpaired) electrons. The summed E-state index contributed by atoms with van der Waals surface area (Å²) in [4.78, 5) is 14.6. The normalized spacial score (nSPS) is 17.7. The summed E-state index contributed by atoms with van der Waals surface area (Å²) < 4.78 is 39.4. The van der Waals surface area contributed by atoms with Gasteiger partial charge in [0.15, 0.2) is 5.82 Å². The second-order valence-corrected chi connectivity index (χ2v) is 7.66. The van der Waals surface area contributed by atoms with E-state index in [1.807, 2.05) is 0 Å². The second-order valence-electron chi connectivity index (χ2n) is 7.66. The molecule has 0 unspecified atom stereocenters. The Kier molecular flexibility index (Phi) is 5.43. The van der Waals surface area contributed by atoms with Crippen LogP contribution in [0.15, 0.2) is 30.3 Å². The maximum absolute atomic E-state index is 13.1. The minimum absolute atomic E-state index is 0.161. The molecule has 154 valence electrons. The lowest BCUT2D eigenvalue weighted by atomic mass is 9.96. The van der Waals surface area contributed by atoms with Crippen molar-refractivity contribution >= 4 is 11.7 Å². The largest absolute Gasteiger partial charge is 0.417 e. The van der Waals surface area contributed by atoms with Crippen molar-refractivity contribution in [3.63, 3.8) is 0 Å². The Morgan fingerprint density at radius 3 is 2.55 bits per heavy atom. The first kappa shape index (κ1) is 19.7. The zero-order chi connectivity index (χ0) is 20.4. The molecule has 5 nitrogen and oxygen atoms in total. The summed E-state index contributed by atoms with van der Waals surface area (Å²) in [5, 5.41) is 11.5. The summed E-state index contributed by atoms with van der Waals surface area (Å²) in [6, 6.07) is 6.84. The number of carbonyl (C=O) groups excluding carboxylic acids is 1. The fraction of sp³-hybridized carbons (Fsp3) is 0.476. The highest BCUT2D eigenvalue weighted by Gasteiger charge is 2.35. The lowest BCUT2D eigenvalue weighted by Crippen LogP contribution is -2.45. The lowest BCUT2D eigenvalue weighted by molar-refractivity contribution is -0.137. The Labute approximate surface area is 167 Å². The molecule has 1 saturated heterocycles. The number of benzene rings is 1. The first-order valence-electron chi connectivity index (χ1n) is 9.99. The van der Waals surface area contributed by atoms with Crippen LogP contribution in [0.25, 0.3) is 0 Å². The summed E-state index contributed by atoms with van der Waals surface area (Å²) in [5.41, 5.74) is 1.12. The van der Waals surface area contributed by atoms with E-state index in [-0.39, 0.29) is 11.6 Å². The number of alkyl halides is 3. The minimum Gasteiger partial charge on any atom is -0.355 e. The highest BCUT2D eigenvalue weighted by molar-refractivity contribution is 5.96. The van der Waals surface area contributed by atoms with Gasteiger partial charge in [-0.05, 0) is 62.3 Å². The standard InChI is InChI=1S/C21H23F3N4O/c22-21(23,24)17-7-3-2-6-16(17)20(29)25-15-9-11-28(12-10-15)19-13-14-5-1-4-8-18(14)26-27-19/h2-3,6-7,13,15H,1,4-5,8-12H2,(H,25,29). The molecule has 1 N–H and O–H groups in total. The summed E-state index contributed by atoms with van der Waals surface area (Å²) in [5.74, 6) is 0.169. The monoisotopic (exact) mass is 404 g/mol. The molecule has 2 aliphatic rings. The van der Waals surface area contributed by atoms with Crippen LogP contribution in [-0.4, -0.2) is 35.2 Å². The van der Waals surface area contributed by atoms with Crippen LogP contribution >= 0.6 is 0 Å². The molecule has 1 fully saturated rings. The molecule has 4 rings (SSSR count). The van der Waals surface area contributed by atoms with Gasteiger partial charge < -0.3 is 10.2 Å². The van der Waals surface area contributed by atoms with Crippen molar-refractivity contribution in [3.05, 3.63) is 52.7 Å². The Bertz CT molecular complexity index is 892. The van der Waals surface area contributed by atoms with Gasteiger partial charge in [0.25, 0.3) is 5.91 Å². The Morgan fingerprint density at radius 1 is 1.07 bits per heavy atom. The lowest BCUT2D eigenvalue weighted by Gasteiger charge is -2.33. The Hall–Kier alpha value is -2.64. The average molecular weight is 404 g/mol. The molecule has 0 spiro atoms. The zero-order valence-electron chi connectivity index (χ0n) is 16.0. The number of amides is 1. The SMILES string of the molecule is O=C(NC1CCN(c2cc3c(nn2)CCCC3)CC1)c1ccccc1C(F)(F)F. The van der Waals surface area contributed by atoms with E-state index in [1.54, 1.807) is 0 Å². The predicted molar refractivity (Wildman–Crippen MR) is 103 cm³/mol. The van der Waals surface area contributed by atoms with Gasteiger partial charge in [-0.15, -0.1) is 5.10 Å². The average Bonchev–Trinajstić information content (AvgIpc) is 2.73. The molecule has 1 aliphatic carbocycles. The number of nitrogens with one attached hydrogen (secondary N) is 1. The fourth-order valence-corrected chi connectivity index (χ4v) is 4.08. The van der Waals surface area contributed by atoms with Crippen LogP contribution in [-0.2, 0) is 19.0 Å². The van der Waals surface area contributed by atoms with Crippen molar-refractivity contribution in [2.24, 2.45) is 0 Å². The van der Waals surface area contributed by atoms with Crippen molar-refractivity contribution in [2.45, 2.75) is 50.7 Å². The maximum atomic E-state index is 13.1. The van der Waals surface area contributed by atoms with Crippen LogP contribution in [0.2, 0.25) is 0 Å². The van der Waals surface area contributed by atoms with Crippen molar-refractivity contribution in [2.75, 3.05) is 18.0 Å². The molecule has 2 aromatic rings. The highest BCUT2D eigenvalue weighted by Crippen LogP contribution is 2.32. The van der Waals surface area contributed by atoms with E-state index in [1.165, 1.54) is 30.2 Å². The summed E-state index contributed by atoms with van der Waals surface area (Å²) in [7, 11) is 0. The van der Waals surface area contributed by atoms with Gasteiger partial charge >= 0.3 is 6.18 Å². The number of hydrogen-bond donors (Lipinski definition) is 1. The molecule has 8 heteroatoms. The van der Waals surface area contributed by atoms with Crippen LogP contribution in [0.4, 0.5) is 19.0 Å². The maximum Gasteiger partial charge on any atom is 0.417 e. The number of rotatable bonds is 3. The first-order valence-corrected chi connectivity index (χ1v) is 9.99. The van der Waals surface area contributed by atoms with Gasteiger partial charge in [-0.2, -0.15) is 18.3 Å². The molecule has 1 aromatic heterocycles. The molecule has 29 heavy (non-hydrogen) atoms. The number of aromatic nitrogens is 2. The topological polar surface area (TPSA) is 58.1 Å². The number of carbonyl (C=O) groups is 1.